The third-order valence-corrected chi connectivity index (χ3v) is 4.44. The molecule has 3 rings (SSSR count). The Morgan fingerprint density at radius 3 is 2.36 bits per heavy atom. The Bertz CT molecular complexity index is 817. The zero-order chi connectivity index (χ0) is 16.0. The lowest BCUT2D eigenvalue weighted by Crippen LogP contribution is -2.27. The van der Waals surface area contributed by atoms with E-state index in [1.807, 2.05) is 30.3 Å². The van der Waals surface area contributed by atoms with Crippen molar-refractivity contribution in [2.24, 2.45) is 0 Å². The van der Waals surface area contributed by atoms with Crippen LogP contribution in [0.1, 0.15) is 31.9 Å². The van der Waals surface area contributed by atoms with Crippen LogP contribution in [-0.2, 0) is 21.0 Å². The highest BCUT2D eigenvalue weighted by Crippen LogP contribution is 2.41. The second-order valence-corrected chi connectivity index (χ2v) is 7.45. The fourth-order valence-electron chi connectivity index (χ4n) is 2.64. The molecule has 0 heterocycles. The van der Waals surface area contributed by atoms with Crippen molar-refractivity contribution in [3.8, 4) is 16.9 Å². The standard InChI is InChI=1S/C17H18O4S/c1-17(2,3)21-22(18,19)20-16-10-6-9-14-13-8-5-4-7-12(13)11-15(14)16/h4-10H,11H2,1-3H3. The van der Waals surface area contributed by atoms with Crippen LogP contribution in [0.5, 0.6) is 5.75 Å². The maximum atomic E-state index is 12.0. The molecule has 0 spiro atoms. The van der Waals surface area contributed by atoms with Gasteiger partial charge < -0.3 is 4.18 Å². The van der Waals surface area contributed by atoms with E-state index in [1.54, 1.807) is 32.9 Å². The Labute approximate surface area is 131 Å². The molecular formula is C17H18O4S. The van der Waals surface area contributed by atoms with Crippen LogP contribution in [0.3, 0.4) is 0 Å². The van der Waals surface area contributed by atoms with E-state index in [0.29, 0.717) is 12.2 Å². The SMILES string of the molecule is CC(C)(C)OS(=O)(=O)Oc1cccc2c1Cc1ccccc1-2. The van der Waals surface area contributed by atoms with Crippen LogP contribution in [-0.4, -0.2) is 14.0 Å². The third-order valence-electron chi connectivity index (χ3n) is 3.35. The molecule has 116 valence electrons. The van der Waals surface area contributed by atoms with Crippen molar-refractivity contribution in [3.63, 3.8) is 0 Å². The summed E-state index contributed by atoms with van der Waals surface area (Å²) in [6, 6.07) is 13.5. The topological polar surface area (TPSA) is 52.6 Å². The van der Waals surface area contributed by atoms with Gasteiger partial charge in [-0.05, 0) is 43.5 Å². The van der Waals surface area contributed by atoms with Crippen molar-refractivity contribution in [1.82, 2.24) is 0 Å². The average molecular weight is 318 g/mol. The van der Waals surface area contributed by atoms with Gasteiger partial charge in [0.05, 0.1) is 5.60 Å². The summed E-state index contributed by atoms with van der Waals surface area (Å²) in [4.78, 5) is 0. The predicted octanol–water partition coefficient (Wildman–Crippen LogP) is 3.70. The molecule has 0 radical (unpaired) electrons. The monoisotopic (exact) mass is 318 g/mol. The molecule has 2 aromatic rings. The molecule has 5 heteroatoms. The lowest BCUT2D eigenvalue weighted by Gasteiger charge is -2.19. The van der Waals surface area contributed by atoms with Gasteiger partial charge in [0.15, 0.2) is 0 Å². The molecule has 0 bridgehead atoms. The molecule has 22 heavy (non-hydrogen) atoms. The molecule has 0 aliphatic heterocycles. The minimum Gasteiger partial charge on any atom is -0.361 e. The second kappa shape index (κ2) is 5.11. The maximum absolute atomic E-state index is 12.0. The van der Waals surface area contributed by atoms with Gasteiger partial charge in [-0.15, -0.1) is 0 Å². The second-order valence-electron chi connectivity index (χ2n) is 6.30. The van der Waals surface area contributed by atoms with E-state index in [0.717, 1.165) is 16.7 Å². The van der Waals surface area contributed by atoms with Gasteiger partial charge in [-0.2, -0.15) is 8.42 Å². The lowest BCUT2D eigenvalue weighted by molar-refractivity contribution is 0.121. The van der Waals surface area contributed by atoms with E-state index < -0.39 is 16.0 Å². The first-order valence-corrected chi connectivity index (χ1v) is 8.44. The fourth-order valence-corrected chi connectivity index (χ4v) is 3.66. The van der Waals surface area contributed by atoms with E-state index >= 15 is 0 Å². The summed E-state index contributed by atoms with van der Waals surface area (Å²) < 4.78 is 34.3. The summed E-state index contributed by atoms with van der Waals surface area (Å²) in [5.74, 6) is 0.331. The number of fused-ring (bicyclic) bond motifs is 3. The zero-order valence-corrected chi connectivity index (χ0v) is 13.6. The Kier molecular flexibility index (Phi) is 3.50. The lowest BCUT2D eigenvalue weighted by atomic mass is 10.1. The molecular weight excluding hydrogens is 300 g/mol. The van der Waals surface area contributed by atoms with Gasteiger partial charge in [-0.1, -0.05) is 36.4 Å². The van der Waals surface area contributed by atoms with E-state index in [4.69, 9.17) is 8.37 Å². The molecule has 2 aromatic carbocycles. The zero-order valence-electron chi connectivity index (χ0n) is 12.8. The number of hydrogen-bond acceptors (Lipinski definition) is 4. The molecule has 0 atom stereocenters. The molecule has 0 saturated carbocycles. The van der Waals surface area contributed by atoms with E-state index in [1.165, 1.54) is 5.56 Å². The van der Waals surface area contributed by atoms with Gasteiger partial charge in [0, 0.05) is 12.0 Å². The van der Waals surface area contributed by atoms with Crippen molar-refractivity contribution < 1.29 is 16.8 Å². The first kappa shape index (κ1) is 15.1. The Morgan fingerprint density at radius 2 is 1.64 bits per heavy atom. The molecule has 0 aromatic heterocycles. The fraction of sp³-hybridized carbons (Fsp3) is 0.294. The van der Waals surface area contributed by atoms with Crippen molar-refractivity contribution in [2.45, 2.75) is 32.8 Å². The number of hydrogen-bond donors (Lipinski definition) is 0. The van der Waals surface area contributed by atoms with E-state index in [-0.39, 0.29) is 0 Å². The van der Waals surface area contributed by atoms with Crippen molar-refractivity contribution in [1.29, 1.82) is 0 Å². The van der Waals surface area contributed by atoms with Gasteiger partial charge >= 0.3 is 10.4 Å². The largest absolute Gasteiger partial charge is 0.449 e. The molecule has 0 amide bonds. The summed E-state index contributed by atoms with van der Waals surface area (Å²) in [5.41, 5.74) is 3.35. The van der Waals surface area contributed by atoms with E-state index in [2.05, 4.69) is 0 Å². The average Bonchev–Trinajstić information content (AvgIpc) is 2.75. The normalized spacial score (nSPS) is 13.6. The van der Waals surface area contributed by atoms with Crippen LogP contribution in [0.25, 0.3) is 11.1 Å². The molecule has 0 N–H and O–H groups in total. The van der Waals surface area contributed by atoms with Crippen molar-refractivity contribution in [2.75, 3.05) is 0 Å². The molecule has 1 aliphatic rings. The van der Waals surface area contributed by atoms with Crippen LogP contribution in [0.15, 0.2) is 42.5 Å². The Morgan fingerprint density at radius 1 is 0.955 bits per heavy atom. The molecule has 0 saturated heterocycles. The molecule has 0 fully saturated rings. The summed E-state index contributed by atoms with van der Waals surface area (Å²) in [6.07, 6.45) is 0.659. The minimum absolute atomic E-state index is 0.331. The van der Waals surface area contributed by atoms with E-state index in [9.17, 15) is 8.42 Å². The molecule has 0 unspecified atom stereocenters. The van der Waals surface area contributed by atoms with Crippen LogP contribution in [0.2, 0.25) is 0 Å². The highest BCUT2D eigenvalue weighted by atomic mass is 32.3. The quantitative estimate of drug-likeness (QED) is 0.739. The van der Waals surface area contributed by atoms with Crippen molar-refractivity contribution in [3.05, 3.63) is 53.6 Å². The molecule has 1 aliphatic carbocycles. The minimum atomic E-state index is -4.10. The van der Waals surface area contributed by atoms with Crippen LogP contribution in [0.4, 0.5) is 0 Å². The highest BCUT2D eigenvalue weighted by Gasteiger charge is 2.27. The van der Waals surface area contributed by atoms with Gasteiger partial charge in [0.1, 0.15) is 5.75 Å². The first-order valence-electron chi connectivity index (χ1n) is 7.10. The van der Waals surface area contributed by atoms with Gasteiger partial charge in [0.2, 0.25) is 0 Å². The van der Waals surface area contributed by atoms with Crippen LogP contribution in [0, 0.1) is 0 Å². The number of rotatable bonds is 3. The predicted molar refractivity (Wildman–Crippen MR) is 85.1 cm³/mol. The number of benzene rings is 2. The Balaban J connectivity index is 1.96. The Hall–Kier alpha value is -1.85. The highest BCUT2D eigenvalue weighted by molar-refractivity contribution is 7.82. The van der Waals surface area contributed by atoms with Crippen LogP contribution < -0.4 is 4.18 Å². The summed E-state index contributed by atoms with van der Waals surface area (Å²) in [5, 5.41) is 0. The van der Waals surface area contributed by atoms with Crippen LogP contribution >= 0.6 is 0 Å². The smallest absolute Gasteiger partial charge is 0.361 e. The summed E-state index contributed by atoms with van der Waals surface area (Å²) in [7, 11) is -4.10. The third kappa shape index (κ3) is 3.00. The van der Waals surface area contributed by atoms with Gasteiger partial charge in [0.25, 0.3) is 0 Å². The first-order chi connectivity index (χ1) is 10.3. The van der Waals surface area contributed by atoms with Gasteiger partial charge in [-0.25, -0.2) is 4.18 Å². The summed E-state index contributed by atoms with van der Waals surface area (Å²) in [6.45, 7) is 5.00. The van der Waals surface area contributed by atoms with Crippen molar-refractivity contribution >= 4 is 10.4 Å². The maximum Gasteiger partial charge on any atom is 0.449 e. The summed E-state index contributed by atoms with van der Waals surface area (Å²) >= 11 is 0. The van der Waals surface area contributed by atoms with Gasteiger partial charge in [-0.3, -0.25) is 0 Å². The molecule has 4 nitrogen and oxygen atoms in total.